The first-order valence-electron chi connectivity index (χ1n) is 6.39. The van der Waals surface area contributed by atoms with E-state index in [0.717, 1.165) is 36.3 Å². The van der Waals surface area contributed by atoms with Gasteiger partial charge in [0.05, 0.1) is 23.8 Å². The van der Waals surface area contributed by atoms with Crippen molar-refractivity contribution in [3.8, 4) is 0 Å². The quantitative estimate of drug-likeness (QED) is 0.433. The van der Waals surface area contributed by atoms with E-state index in [1.807, 2.05) is 13.8 Å². The molecular weight excluding hydrogens is 401 g/mol. The second-order valence-corrected chi connectivity index (χ2v) is 5.54. The van der Waals surface area contributed by atoms with Gasteiger partial charge in [-0.15, -0.1) is 35.3 Å². The second kappa shape index (κ2) is 8.93. The first-order valence-corrected chi connectivity index (χ1v) is 7.20. The van der Waals surface area contributed by atoms with Crippen LogP contribution in [0, 0.1) is 13.8 Å². The number of rotatable bonds is 5. The maximum Gasteiger partial charge on any atom is 0.191 e. The molecule has 0 spiro atoms. The summed E-state index contributed by atoms with van der Waals surface area (Å²) in [6.45, 7) is 6.28. The lowest BCUT2D eigenvalue weighted by Crippen LogP contribution is -2.38. The van der Waals surface area contributed by atoms with E-state index in [0.29, 0.717) is 0 Å². The van der Waals surface area contributed by atoms with Gasteiger partial charge in [0.2, 0.25) is 0 Å². The maximum absolute atomic E-state index is 4.41. The lowest BCUT2D eigenvalue weighted by Gasteiger charge is -2.11. The highest BCUT2D eigenvalue weighted by Gasteiger charge is 2.05. The van der Waals surface area contributed by atoms with Gasteiger partial charge in [-0.1, -0.05) is 0 Å². The summed E-state index contributed by atoms with van der Waals surface area (Å²) in [5, 5.41) is 11.7. The number of hydrogen-bond acceptors (Lipinski definition) is 5. The molecule has 2 rings (SSSR count). The highest BCUT2D eigenvalue weighted by atomic mass is 127. The van der Waals surface area contributed by atoms with Crippen LogP contribution >= 0.6 is 35.3 Å². The van der Waals surface area contributed by atoms with Gasteiger partial charge in [0, 0.05) is 18.5 Å². The summed E-state index contributed by atoms with van der Waals surface area (Å²) in [6, 6.07) is 0. The van der Waals surface area contributed by atoms with E-state index in [-0.39, 0.29) is 24.0 Å². The van der Waals surface area contributed by atoms with Crippen LogP contribution in [0.2, 0.25) is 0 Å². The van der Waals surface area contributed by atoms with Crippen molar-refractivity contribution in [3.05, 3.63) is 28.2 Å². The van der Waals surface area contributed by atoms with Crippen molar-refractivity contribution in [1.82, 2.24) is 30.4 Å². The Bertz CT molecular complexity index is 564. The number of aryl methyl sites for hydroxylation is 2. The van der Waals surface area contributed by atoms with Crippen LogP contribution in [0.5, 0.6) is 0 Å². The molecule has 116 valence electrons. The average molecular weight is 421 g/mol. The standard InChI is InChI=1S/C12H19N7S.HI/c1-9-11(20-10(2)18-9)6-16-12(13-3)15-4-5-19-8-14-7-17-19;/h7-8H,4-6H2,1-3H3,(H2,13,15,16);1H. The highest BCUT2D eigenvalue weighted by molar-refractivity contribution is 14.0. The predicted molar refractivity (Wildman–Crippen MR) is 95.2 cm³/mol. The minimum Gasteiger partial charge on any atom is -0.355 e. The summed E-state index contributed by atoms with van der Waals surface area (Å²) >= 11 is 1.71. The molecular formula is C12H20IN7S. The Hall–Kier alpha value is -1.23. The van der Waals surface area contributed by atoms with Gasteiger partial charge in [0.25, 0.3) is 0 Å². The van der Waals surface area contributed by atoms with E-state index in [9.17, 15) is 0 Å². The van der Waals surface area contributed by atoms with E-state index in [1.165, 1.54) is 11.2 Å². The largest absolute Gasteiger partial charge is 0.355 e. The van der Waals surface area contributed by atoms with Crippen molar-refractivity contribution in [2.75, 3.05) is 13.6 Å². The summed E-state index contributed by atoms with van der Waals surface area (Å²) in [5.41, 5.74) is 1.08. The lowest BCUT2D eigenvalue weighted by molar-refractivity contribution is 0.596. The number of nitrogens with zero attached hydrogens (tertiary/aromatic N) is 5. The molecule has 0 aromatic carbocycles. The Labute approximate surface area is 145 Å². The molecule has 0 aliphatic rings. The molecule has 2 aromatic rings. The fraction of sp³-hybridized carbons (Fsp3) is 0.500. The Morgan fingerprint density at radius 2 is 2.19 bits per heavy atom. The third-order valence-corrected chi connectivity index (χ3v) is 3.81. The predicted octanol–water partition coefficient (Wildman–Crippen LogP) is 1.33. The molecule has 0 unspecified atom stereocenters. The number of guanidine groups is 1. The minimum atomic E-state index is 0. The van der Waals surface area contributed by atoms with Crippen LogP contribution in [0.3, 0.4) is 0 Å². The van der Waals surface area contributed by atoms with Crippen LogP contribution in [0.25, 0.3) is 0 Å². The van der Waals surface area contributed by atoms with Crippen molar-refractivity contribution in [3.63, 3.8) is 0 Å². The Morgan fingerprint density at radius 3 is 2.76 bits per heavy atom. The van der Waals surface area contributed by atoms with Crippen LogP contribution in [-0.2, 0) is 13.1 Å². The van der Waals surface area contributed by atoms with Gasteiger partial charge in [-0.2, -0.15) is 5.10 Å². The van der Waals surface area contributed by atoms with Crippen molar-refractivity contribution < 1.29 is 0 Å². The van der Waals surface area contributed by atoms with Gasteiger partial charge in [-0.25, -0.2) is 9.97 Å². The van der Waals surface area contributed by atoms with Crippen molar-refractivity contribution in [2.24, 2.45) is 4.99 Å². The monoisotopic (exact) mass is 421 g/mol. The Kier molecular flexibility index (Phi) is 7.57. The number of halogens is 1. The van der Waals surface area contributed by atoms with Crippen LogP contribution in [0.4, 0.5) is 0 Å². The highest BCUT2D eigenvalue weighted by Crippen LogP contribution is 2.16. The fourth-order valence-electron chi connectivity index (χ4n) is 1.76. The number of aliphatic imine (C=N–C) groups is 1. The van der Waals surface area contributed by atoms with Crippen LogP contribution in [0.1, 0.15) is 15.6 Å². The fourth-order valence-corrected chi connectivity index (χ4v) is 2.64. The van der Waals surface area contributed by atoms with Gasteiger partial charge in [-0.05, 0) is 13.8 Å². The molecule has 0 amide bonds. The molecule has 0 atom stereocenters. The zero-order chi connectivity index (χ0) is 14.4. The van der Waals surface area contributed by atoms with Gasteiger partial charge < -0.3 is 10.6 Å². The van der Waals surface area contributed by atoms with Crippen molar-refractivity contribution in [1.29, 1.82) is 0 Å². The normalized spacial score (nSPS) is 11.1. The molecule has 2 N–H and O–H groups in total. The average Bonchev–Trinajstić information content (AvgIpc) is 3.03. The molecule has 0 bridgehead atoms. The topological polar surface area (TPSA) is 80.0 Å². The number of hydrogen-bond donors (Lipinski definition) is 2. The SMILES string of the molecule is CN=C(NCCn1cncn1)NCc1sc(C)nc1C.I. The molecule has 0 aliphatic carbocycles. The zero-order valence-corrected chi connectivity index (χ0v) is 15.5. The summed E-state index contributed by atoms with van der Waals surface area (Å²) in [7, 11) is 1.76. The molecule has 0 radical (unpaired) electrons. The third kappa shape index (κ3) is 5.58. The van der Waals surface area contributed by atoms with Gasteiger partial charge in [0.15, 0.2) is 5.96 Å². The van der Waals surface area contributed by atoms with Gasteiger partial charge in [-0.3, -0.25) is 9.67 Å². The molecule has 0 saturated carbocycles. The van der Waals surface area contributed by atoms with Crippen molar-refractivity contribution >= 4 is 41.3 Å². The summed E-state index contributed by atoms with van der Waals surface area (Å²) in [6.07, 6.45) is 3.23. The molecule has 2 heterocycles. The summed E-state index contributed by atoms with van der Waals surface area (Å²) in [4.78, 5) is 13.7. The molecule has 21 heavy (non-hydrogen) atoms. The molecule has 0 fully saturated rings. The number of thiazole rings is 1. The van der Waals surface area contributed by atoms with Crippen LogP contribution in [-0.4, -0.2) is 39.3 Å². The zero-order valence-electron chi connectivity index (χ0n) is 12.3. The van der Waals surface area contributed by atoms with E-state index in [2.05, 4.69) is 30.7 Å². The third-order valence-electron chi connectivity index (χ3n) is 2.74. The summed E-state index contributed by atoms with van der Waals surface area (Å²) in [5.74, 6) is 0.774. The second-order valence-electron chi connectivity index (χ2n) is 4.25. The molecule has 0 saturated heterocycles. The van der Waals surface area contributed by atoms with E-state index in [4.69, 9.17) is 0 Å². The molecule has 7 nitrogen and oxygen atoms in total. The maximum atomic E-state index is 4.41. The van der Waals surface area contributed by atoms with E-state index in [1.54, 1.807) is 29.4 Å². The first-order chi connectivity index (χ1) is 9.69. The van der Waals surface area contributed by atoms with Crippen LogP contribution in [0.15, 0.2) is 17.6 Å². The first kappa shape index (κ1) is 17.8. The minimum absolute atomic E-state index is 0. The Balaban J connectivity index is 0.00000220. The Morgan fingerprint density at radius 1 is 1.38 bits per heavy atom. The molecule has 9 heteroatoms. The van der Waals surface area contributed by atoms with Crippen LogP contribution < -0.4 is 10.6 Å². The number of aromatic nitrogens is 4. The van der Waals surface area contributed by atoms with E-state index < -0.39 is 0 Å². The van der Waals surface area contributed by atoms with Gasteiger partial charge >= 0.3 is 0 Å². The smallest absolute Gasteiger partial charge is 0.191 e. The summed E-state index contributed by atoms with van der Waals surface area (Å²) < 4.78 is 1.77. The molecule has 2 aromatic heterocycles. The van der Waals surface area contributed by atoms with Crippen molar-refractivity contribution in [2.45, 2.75) is 26.9 Å². The van der Waals surface area contributed by atoms with Gasteiger partial charge in [0.1, 0.15) is 12.7 Å². The number of nitrogens with one attached hydrogen (secondary N) is 2. The molecule has 0 aliphatic heterocycles. The lowest BCUT2D eigenvalue weighted by atomic mass is 10.4. The van der Waals surface area contributed by atoms with E-state index >= 15 is 0 Å².